The highest BCUT2D eigenvalue weighted by molar-refractivity contribution is 5.99. The van der Waals surface area contributed by atoms with Gasteiger partial charge >= 0.3 is 0 Å². The minimum Gasteiger partial charge on any atom is -0.493 e. The molecule has 3 aromatic rings. The number of methoxy groups -OCH3 is 2. The maximum absolute atomic E-state index is 12.5. The van der Waals surface area contributed by atoms with E-state index < -0.39 is 0 Å². The predicted octanol–water partition coefficient (Wildman–Crippen LogP) is 3.78. The van der Waals surface area contributed by atoms with Gasteiger partial charge in [-0.1, -0.05) is 6.07 Å². The Balaban J connectivity index is 1.68. The number of nitrogens with zero attached hydrogens (tertiary/aromatic N) is 1. The number of fused-ring (bicyclic) bond motifs is 1. The number of carbonyl (C=O) groups is 1. The highest BCUT2D eigenvalue weighted by Crippen LogP contribution is 2.28. The molecule has 1 aromatic heterocycles. The van der Waals surface area contributed by atoms with Crippen LogP contribution in [0, 0.1) is 13.8 Å². The van der Waals surface area contributed by atoms with Gasteiger partial charge in [0, 0.05) is 35.8 Å². The lowest BCUT2D eigenvalue weighted by atomic mass is 10.1. The van der Waals surface area contributed by atoms with Gasteiger partial charge in [0.15, 0.2) is 11.5 Å². The number of nitrogens with one attached hydrogen (secondary N) is 1. The van der Waals surface area contributed by atoms with Crippen LogP contribution in [0.1, 0.15) is 27.2 Å². The van der Waals surface area contributed by atoms with Gasteiger partial charge in [0.1, 0.15) is 0 Å². The summed E-state index contributed by atoms with van der Waals surface area (Å²) in [5.41, 5.74) is 5.34. The van der Waals surface area contributed by atoms with Crippen molar-refractivity contribution in [1.82, 2.24) is 9.88 Å². The summed E-state index contributed by atoms with van der Waals surface area (Å²) in [5, 5.41) is 4.13. The number of rotatable bonds is 6. The van der Waals surface area contributed by atoms with Crippen molar-refractivity contribution in [3.63, 3.8) is 0 Å². The Labute approximate surface area is 159 Å². The van der Waals surface area contributed by atoms with E-state index in [0.29, 0.717) is 23.6 Å². The molecule has 5 nitrogen and oxygen atoms in total. The van der Waals surface area contributed by atoms with Crippen LogP contribution >= 0.6 is 0 Å². The van der Waals surface area contributed by atoms with E-state index >= 15 is 0 Å². The first-order valence-corrected chi connectivity index (χ1v) is 9.01. The van der Waals surface area contributed by atoms with E-state index in [1.807, 2.05) is 43.4 Å². The van der Waals surface area contributed by atoms with Gasteiger partial charge in [-0.2, -0.15) is 0 Å². The molecule has 0 bridgehead atoms. The molecule has 0 saturated heterocycles. The number of aryl methyl sites for hydroxylation is 2. The van der Waals surface area contributed by atoms with E-state index in [9.17, 15) is 4.79 Å². The molecular weight excluding hydrogens is 340 g/mol. The van der Waals surface area contributed by atoms with Gasteiger partial charge in [-0.3, -0.25) is 4.79 Å². The van der Waals surface area contributed by atoms with Gasteiger partial charge in [-0.05, 0) is 61.7 Å². The normalized spacial score (nSPS) is 10.9. The van der Waals surface area contributed by atoms with E-state index in [-0.39, 0.29) is 5.91 Å². The Morgan fingerprint density at radius 1 is 1.04 bits per heavy atom. The van der Waals surface area contributed by atoms with Crippen molar-refractivity contribution >= 4 is 16.8 Å². The van der Waals surface area contributed by atoms with Crippen molar-refractivity contribution in [3.8, 4) is 11.5 Å². The minimum absolute atomic E-state index is 0.0571. The fraction of sp³-hybridized carbons (Fsp3) is 0.318. The molecule has 0 fully saturated rings. The second-order valence-corrected chi connectivity index (χ2v) is 6.70. The summed E-state index contributed by atoms with van der Waals surface area (Å²) in [4.78, 5) is 12.5. The Hall–Kier alpha value is -2.95. The van der Waals surface area contributed by atoms with Crippen molar-refractivity contribution < 1.29 is 14.3 Å². The second-order valence-electron chi connectivity index (χ2n) is 6.70. The molecule has 0 unspecified atom stereocenters. The van der Waals surface area contributed by atoms with Crippen LogP contribution in [-0.2, 0) is 13.5 Å². The fourth-order valence-corrected chi connectivity index (χ4v) is 3.36. The van der Waals surface area contributed by atoms with Gasteiger partial charge in [0.05, 0.1) is 14.2 Å². The third-order valence-corrected chi connectivity index (χ3v) is 5.22. The Morgan fingerprint density at radius 2 is 1.78 bits per heavy atom. The van der Waals surface area contributed by atoms with Crippen LogP contribution in [0.3, 0.4) is 0 Å². The number of aromatic nitrogens is 1. The lowest BCUT2D eigenvalue weighted by molar-refractivity contribution is 0.0954. The topological polar surface area (TPSA) is 52.5 Å². The van der Waals surface area contributed by atoms with Crippen LogP contribution in [0.25, 0.3) is 10.9 Å². The third-order valence-electron chi connectivity index (χ3n) is 5.22. The van der Waals surface area contributed by atoms with Crippen LogP contribution in [0.5, 0.6) is 11.5 Å². The fourth-order valence-electron chi connectivity index (χ4n) is 3.36. The van der Waals surface area contributed by atoms with Crippen LogP contribution in [-0.4, -0.2) is 31.2 Å². The molecule has 1 heterocycles. The summed E-state index contributed by atoms with van der Waals surface area (Å²) >= 11 is 0. The monoisotopic (exact) mass is 366 g/mol. The molecule has 0 aliphatic heterocycles. The zero-order chi connectivity index (χ0) is 19.6. The van der Waals surface area contributed by atoms with Crippen LogP contribution in [0.4, 0.5) is 0 Å². The number of hydrogen-bond donors (Lipinski definition) is 1. The number of ether oxygens (including phenoxy) is 2. The van der Waals surface area contributed by atoms with Crippen molar-refractivity contribution in [3.05, 3.63) is 58.8 Å². The quantitative estimate of drug-likeness (QED) is 0.722. The first kappa shape index (κ1) is 18.8. The largest absolute Gasteiger partial charge is 0.493 e. The van der Waals surface area contributed by atoms with Crippen molar-refractivity contribution in [2.24, 2.45) is 7.05 Å². The summed E-state index contributed by atoms with van der Waals surface area (Å²) in [6, 6.07) is 11.7. The summed E-state index contributed by atoms with van der Waals surface area (Å²) in [6.45, 7) is 4.74. The van der Waals surface area contributed by atoms with Crippen molar-refractivity contribution in [2.45, 2.75) is 20.3 Å². The lowest BCUT2D eigenvalue weighted by Crippen LogP contribution is -2.25. The highest BCUT2D eigenvalue weighted by Gasteiger charge is 2.12. The predicted molar refractivity (Wildman–Crippen MR) is 108 cm³/mol. The molecule has 0 spiro atoms. The summed E-state index contributed by atoms with van der Waals surface area (Å²) in [5.74, 6) is 1.34. The zero-order valence-corrected chi connectivity index (χ0v) is 16.6. The SMILES string of the molecule is COc1ccc(CCNC(=O)c2ccc3c(c2)c(C)c(C)n3C)cc1OC. The number of hydrogen-bond acceptors (Lipinski definition) is 3. The average Bonchev–Trinajstić information content (AvgIpc) is 2.91. The van der Waals surface area contributed by atoms with Gasteiger partial charge in [0.25, 0.3) is 5.91 Å². The maximum atomic E-state index is 12.5. The standard InChI is InChI=1S/C22H26N2O3/c1-14-15(2)24(3)19-8-7-17(13-18(14)19)22(25)23-11-10-16-6-9-20(26-4)21(12-16)27-5/h6-9,12-13H,10-11H2,1-5H3,(H,23,25). The highest BCUT2D eigenvalue weighted by atomic mass is 16.5. The Morgan fingerprint density at radius 3 is 2.48 bits per heavy atom. The molecule has 27 heavy (non-hydrogen) atoms. The van der Waals surface area contributed by atoms with Gasteiger partial charge < -0.3 is 19.4 Å². The molecule has 0 atom stereocenters. The molecular formula is C22H26N2O3. The molecule has 0 saturated carbocycles. The van der Waals surface area contributed by atoms with E-state index in [0.717, 1.165) is 22.9 Å². The number of carbonyl (C=O) groups excluding carboxylic acids is 1. The summed E-state index contributed by atoms with van der Waals surface area (Å²) in [6.07, 6.45) is 0.720. The molecule has 0 aliphatic rings. The minimum atomic E-state index is -0.0571. The van der Waals surface area contributed by atoms with Gasteiger partial charge in [0.2, 0.25) is 0 Å². The molecule has 2 aromatic carbocycles. The van der Waals surface area contributed by atoms with Gasteiger partial charge in [-0.15, -0.1) is 0 Å². The lowest BCUT2D eigenvalue weighted by Gasteiger charge is -2.10. The van der Waals surface area contributed by atoms with E-state index in [1.165, 1.54) is 11.3 Å². The zero-order valence-electron chi connectivity index (χ0n) is 16.6. The molecule has 1 N–H and O–H groups in total. The molecule has 1 amide bonds. The van der Waals surface area contributed by atoms with E-state index in [2.05, 4.69) is 23.7 Å². The van der Waals surface area contributed by atoms with Crippen LogP contribution < -0.4 is 14.8 Å². The van der Waals surface area contributed by atoms with Crippen molar-refractivity contribution in [2.75, 3.05) is 20.8 Å². The molecule has 5 heteroatoms. The summed E-state index contributed by atoms with van der Waals surface area (Å²) < 4.78 is 12.7. The number of benzene rings is 2. The van der Waals surface area contributed by atoms with Crippen LogP contribution in [0.2, 0.25) is 0 Å². The first-order chi connectivity index (χ1) is 13.0. The first-order valence-electron chi connectivity index (χ1n) is 9.01. The Kier molecular flexibility index (Phi) is 5.40. The van der Waals surface area contributed by atoms with Crippen LogP contribution in [0.15, 0.2) is 36.4 Å². The maximum Gasteiger partial charge on any atom is 0.251 e. The smallest absolute Gasteiger partial charge is 0.251 e. The summed E-state index contributed by atoms with van der Waals surface area (Å²) in [7, 11) is 5.28. The average molecular weight is 366 g/mol. The molecule has 3 rings (SSSR count). The molecule has 0 aliphatic carbocycles. The van der Waals surface area contributed by atoms with Crippen molar-refractivity contribution in [1.29, 1.82) is 0 Å². The second kappa shape index (κ2) is 7.74. The molecule has 142 valence electrons. The van der Waals surface area contributed by atoms with E-state index in [1.54, 1.807) is 14.2 Å². The molecule has 0 radical (unpaired) electrons. The van der Waals surface area contributed by atoms with E-state index in [4.69, 9.17) is 9.47 Å². The van der Waals surface area contributed by atoms with Gasteiger partial charge in [-0.25, -0.2) is 0 Å². The Bertz CT molecular complexity index is 989. The third kappa shape index (κ3) is 3.63. The number of amides is 1.